The summed E-state index contributed by atoms with van der Waals surface area (Å²) >= 11 is 0. The van der Waals surface area contributed by atoms with Gasteiger partial charge in [-0.25, -0.2) is 4.99 Å². The fourth-order valence-electron chi connectivity index (χ4n) is 5.05. The van der Waals surface area contributed by atoms with Crippen molar-refractivity contribution in [1.82, 2.24) is 5.32 Å². The van der Waals surface area contributed by atoms with Crippen molar-refractivity contribution < 1.29 is 4.74 Å². The number of allylic oxidation sites excluding steroid dienone is 2. The number of rotatable bonds is 15. The molecule has 0 heterocycles. The van der Waals surface area contributed by atoms with Crippen LogP contribution in [-0.4, -0.2) is 13.0 Å². The third-order valence-electron chi connectivity index (χ3n) is 7.57. The van der Waals surface area contributed by atoms with Crippen LogP contribution in [0.15, 0.2) is 90.7 Å². The summed E-state index contributed by atoms with van der Waals surface area (Å²) in [5.41, 5.74) is 11.8. The van der Waals surface area contributed by atoms with E-state index in [1.165, 1.54) is 43.4 Å². The Morgan fingerprint density at radius 2 is 1.52 bits per heavy atom. The molecule has 2 aromatic rings. The molecule has 4 heteroatoms. The predicted molar refractivity (Wildman–Crippen MR) is 174 cm³/mol. The quantitative estimate of drug-likeness (QED) is 0.174. The third kappa shape index (κ3) is 11.1. The fourth-order valence-corrected chi connectivity index (χ4v) is 5.05. The Hall–Kier alpha value is -3.27. The molecule has 1 fully saturated rings. The zero-order valence-corrected chi connectivity index (χ0v) is 25.6. The maximum absolute atomic E-state index is 5.69. The summed E-state index contributed by atoms with van der Waals surface area (Å²) in [5.74, 6) is 1.92. The summed E-state index contributed by atoms with van der Waals surface area (Å²) in [6.45, 7) is 18.7. The minimum Gasteiger partial charge on any atom is -0.484 e. The highest BCUT2D eigenvalue weighted by Gasteiger charge is 2.22. The minimum absolute atomic E-state index is 0.384. The number of nitrogens with one attached hydrogen (secondary N) is 1. The maximum Gasteiger partial charge on any atom is 0.190 e. The molecular weight excluding hydrogens is 490 g/mol. The molecule has 1 atom stereocenters. The molecule has 3 rings (SSSR count). The lowest BCUT2D eigenvalue weighted by Crippen LogP contribution is -2.27. The van der Waals surface area contributed by atoms with Crippen LogP contribution in [0, 0.1) is 11.8 Å². The Balaban J connectivity index is 0.000000292. The molecule has 0 saturated heterocycles. The average molecular weight is 544 g/mol. The van der Waals surface area contributed by atoms with Gasteiger partial charge in [0.1, 0.15) is 0 Å². The number of ether oxygens (including phenoxy) is 1. The van der Waals surface area contributed by atoms with Gasteiger partial charge in [-0.1, -0.05) is 121 Å². The van der Waals surface area contributed by atoms with Crippen molar-refractivity contribution in [1.29, 1.82) is 0 Å². The first-order valence-corrected chi connectivity index (χ1v) is 15.2. The van der Waals surface area contributed by atoms with E-state index in [9.17, 15) is 0 Å². The average Bonchev–Trinajstić information content (AvgIpc) is 2.91. The smallest absolute Gasteiger partial charge is 0.190 e. The van der Waals surface area contributed by atoms with Gasteiger partial charge in [0.25, 0.3) is 0 Å². The molecule has 0 aliphatic heterocycles. The van der Waals surface area contributed by atoms with Crippen LogP contribution in [0.3, 0.4) is 0 Å². The number of aliphatic imine (C=N–C) groups is 1. The monoisotopic (exact) mass is 543 g/mol. The van der Waals surface area contributed by atoms with Gasteiger partial charge in [0.2, 0.25) is 0 Å². The SMILES string of the molecule is C=C(Cc1ccc(C(=C)N)cc1)N=C(OC)C(CCC)CCC.C=C(NC(CCC)c1ccccc1)C1CCC1. The summed E-state index contributed by atoms with van der Waals surface area (Å²) in [4.78, 5) is 4.64. The van der Waals surface area contributed by atoms with Crippen LogP contribution in [0.25, 0.3) is 5.70 Å². The van der Waals surface area contributed by atoms with E-state index in [1.807, 2.05) is 24.3 Å². The Labute approximate surface area is 244 Å². The van der Waals surface area contributed by atoms with E-state index in [1.54, 1.807) is 7.11 Å². The molecule has 1 aliphatic carbocycles. The summed E-state index contributed by atoms with van der Waals surface area (Å²) in [7, 11) is 1.70. The van der Waals surface area contributed by atoms with Gasteiger partial charge < -0.3 is 15.8 Å². The topological polar surface area (TPSA) is 59.6 Å². The molecule has 218 valence electrons. The fraction of sp³-hybridized carbons (Fsp3) is 0.472. The second-order valence-electron chi connectivity index (χ2n) is 10.9. The Kier molecular flexibility index (Phi) is 14.9. The Morgan fingerprint density at radius 1 is 0.925 bits per heavy atom. The van der Waals surface area contributed by atoms with Gasteiger partial charge in [-0.2, -0.15) is 0 Å². The van der Waals surface area contributed by atoms with Gasteiger partial charge in [-0.15, -0.1) is 0 Å². The maximum atomic E-state index is 5.69. The van der Waals surface area contributed by atoms with Gasteiger partial charge in [0.05, 0.1) is 13.2 Å². The summed E-state index contributed by atoms with van der Waals surface area (Å²) < 4.78 is 5.54. The normalized spacial score (nSPS) is 14.0. The van der Waals surface area contributed by atoms with Crippen molar-refractivity contribution in [2.75, 3.05) is 7.11 Å². The third-order valence-corrected chi connectivity index (χ3v) is 7.57. The minimum atomic E-state index is 0.384. The van der Waals surface area contributed by atoms with Crippen molar-refractivity contribution in [2.24, 2.45) is 22.6 Å². The molecule has 0 bridgehead atoms. The van der Waals surface area contributed by atoms with Crippen LogP contribution < -0.4 is 11.1 Å². The summed E-state index contributed by atoms with van der Waals surface area (Å²) in [6.07, 6.45) is 11.5. The first-order chi connectivity index (χ1) is 19.3. The first-order valence-electron chi connectivity index (χ1n) is 15.2. The van der Waals surface area contributed by atoms with E-state index in [0.717, 1.165) is 54.3 Å². The van der Waals surface area contributed by atoms with Gasteiger partial charge in [0, 0.05) is 29.4 Å². The second-order valence-corrected chi connectivity index (χ2v) is 10.9. The summed E-state index contributed by atoms with van der Waals surface area (Å²) in [6, 6.07) is 19.2. The number of hydrogen-bond donors (Lipinski definition) is 2. The lowest BCUT2D eigenvalue weighted by atomic mass is 9.83. The number of nitrogens with two attached hydrogens (primary N) is 1. The van der Waals surface area contributed by atoms with Crippen molar-refractivity contribution in [3.63, 3.8) is 0 Å². The van der Waals surface area contributed by atoms with Crippen LogP contribution in [0.1, 0.15) is 101 Å². The molecule has 1 saturated carbocycles. The van der Waals surface area contributed by atoms with E-state index in [4.69, 9.17) is 10.5 Å². The molecule has 0 aromatic heterocycles. The molecule has 1 unspecified atom stereocenters. The zero-order chi connectivity index (χ0) is 29.3. The van der Waals surface area contributed by atoms with Gasteiger partial charge in [-0.3, -0.25) is 0 Å². The molecule has 4 nitrogen and oxygen atoms in total. The van der Waals surface area contributed by atoms with E-state index in [-0.39, 0.29) is 0 Å². The molecule has 2 aromatic carbocycles. The van der Waals surface area contributed by atoms with Gasteiger partial charge in [0.15, 0.2) is 5.90 Å². The first kappa shape index (κ1) is 32.9. The van der Waals surface area contributed by atoms with E-state index in [2.05, 4.69) is 81.1 Å². The lowest BCUT2D eigenvalue weighted by Gasteiger charge is -2.31. The molecule has 0 amide bonds. The standard InChI is InChI=1S/C20H30N2O.C16H23N/c1-6-8-19(9-7-2)20(23-5)22-15(3)14-17-10-12-18(13-11-17)16(4)21;1-3-8-16(15-9-5-4-6-10-15)17-13(2)14-11-7-12-14/h10-13,19H,3-4,6-9,14,21H2,1-2,5H3;4-6,9-10,14,16-17H,2-3,7-8,11-12H2,1H3. The van der Waals surface area contributed by atoms with E-state index < -0.39 is 0 Å². The highest BCUT2D eigenvalue weighted by atomic mass is 16.5. The Morgan fingerprint density at radius 3 is 2.00 bits per heavy atom. The number of benzene rings is 2. The molecule has 1 aliphatic rings. The highest BCUT2D eigenvalue weighted by molar-refractivity contribution is 5.79. The van der Waals surface area contributed by atoms with Gasteiger partial charge >= 0.3 is 0 Å². The second kappa shape index (κ2) is 18.1. The van der Waals surface area contributed by atoms with Crippen LogP contribution in [0.4, 0.5) is 0 Å². The zero-order valence-electron chi connectivity index (χ0n) is 25.6. The molecular formula is C36H53N3O. The molecule has 40 heavy (non-hydrogen) atoms. The number of nitrogens with zero attached hydrogens (tertiary/aromatic N) is 1. The van der Waals surface area contributed by atoms with Crippen LogP contribution in [0.2, 0.25) is 0 Å². The van der Waals surface area contributed by atoms with E-state index >= 15 is 0 Å². The molecule has 0 radical (unpaired) electrons. The summed E-state index contributed by atoms with van der Waals surface area (Å²) in [5, 5.41) is 3.64. The van der Waals surface area contributed by atoms with Crippen molar-refractivity contribution in [3.8, 4) is 0 Å². The predicted octanol–water partition coefficient (Wildman–Crippen LogP) is 9.36. The Bertz CT molecular complexity index is 1060. The van der Waals surface area contributed by atoms with Crippen molar-refractivity contribution in [2.45, 2.75) is 91.0 Å². The van der Waals surface area contributed by atoms with Crippen LogP contribution in [0.5, 0.6) is 0 Å². The van der Waals surface area contributed by atoms with Crippen molar-refractivity contribution in [3.05, 3.63) is 102 Å². The molecule has 0 spiro atoms. The number of hydrogen-bond acceptors (Lipinski definition) is 4. The largest absolute Gasteiger partial charge is 0.484 e. The van der Waals surface area contributed by atoms with E-state index in [0.29, 0.717) is 24.1 Å². The molecule has 3 N–H and O–H groups in total. The van der Waals surface area contributed by atoms with Crippen molar-refractivity contribution >= 4 is 11.6 Å². The number of methoxy groups -OCH3 is 1. The van der Waals surface area contributed by atoms with Crippen LogP contribution >= 0.6 is 0 Å². The highest BCUT2D eigenvalue weighted by Crippen LogP contribution is 2.33. The van der Waals surface area contributed by atoms with Gasteiger partial charge in [-0.05, 0) is 54.7 Å². The lowest BCUT2D eigenvalue weighted by molar-refractivity contribution is 0.338. The van der Waals surface area contributed by atoms with Crippen LogP contribution in [-0.2, 0) is 11.2 Å².